The molecule has 2 nitrogen and oxygen atoms in total. The predicted molar refractivity (Wildman–Crippen MR) is 87.5 cm³/mol. The summed E-state index contributed by atoms with van der Waals surface area (Å²) in [6.45, 7) is 0. The van der Waals surface area contributed by atoms with Crippen LogP contribution in [0.3, 0.4) is 0 Å². The Morgan fingerprint density at radius 2 is 1.76 bits per heavy atom. The highest BCUT2D eigenvalue weighted by molar-refractivity contribution is 8.00. The lowest BCUT2D eigenvalue weighted by molar-refractivity contribution is -0.120. The number of para-hydroxylation sites is 1. The van der Waals surface area contributed by atoms with Crippen molar-refractivity contribution in [3.05, 3.63) is 24.3 Å². The molecular weight excluding hydrogens is 278 g/mol. The summed E-state index contributed by atoms with van der Waals surface area (Å²) >= 11 is 1.96. The minimum atomic E-state index is 0.252. The van der Waals surface area contributed by atoms with Crippen LogP contribution in [0.4, 0.5) is 5.69 Å². The second kappa shape index (κ2) is 5.68. The number of rotatable bonds is 4. The fourth-order valence-corrected chi connectivity index (χ4v) is 5.35. The SMILES string of the molecule is O=C(Nc1ccccc1SC1CCCC1)C1CC2CC2C1. The van der Waals surface area contributed by atoms with Gasteiger partial charge in [-0.05, 0) is 56.1 Å². The van der Waals surface area contributed by atoms with Crippen molar-refractivity contribution in [1.29, 1.82) is 0 Å². The molecule has 0 bridgehead atoms. The van der Waals surface area contributed by atoms with E-state index in [1.807, 2.05) is 17.8 Å². The number of carbonyl (C=O) groups excluding carboxylic acids is 1. The number of fused-ring (bicyclic) bond motifs is 1. The molecule has 21 heavy (non-hydrogen) atoms. The van der Waals surface area contributed by atoms with Crippen molar-refractivity contribution in [2.45, 2.75) is 55.1 Å². The predicted octanol–water partition coefficient (Wildman–Crippen LogP) is 4.71. The number of thioether (sulfide) groups is 1. The van der Waals surface area contributed by atoms with Gasteiger partial charge in [-0.2, -0.15) is 0 Å². The fourth-order valence-electron chi connectivity index (χ4n) is 4.02. The first-order valence-corrected chi connectivity index (χ1v) is 9.24. The molecule has 3 fully saturated rings. The van der Waals surface area contributed by atoms with Crippen molar-refractivity contribution < 1.29 is 4.79 Å². The lowest BCUT2D eigenvalue weighted by Gasteiger charge is -2.16. The standard InChI is InChI=1S/C18H23NOS/c20-18(14-10-12-9-13(12)11-14)19-16-7-3-4-8-17(16)21-15-5-1-2-6-15/h3-4,7-8,12-15H,1-2,5-6,9-11H2,(H,19,20). The van der Waals surface area contributed by atoms with Gasteiger partial charge in [-0.1, -0.05) is 25.0 Å². The Bertz CT molecular complexity index is 528. The van der Waals surface area contributed by atoms with Crippen LogP contribution in [-0.2, 0) is 4.79 Å². The average molecular weight is 301 g/mol. The molecule has 112 valence electrons. The zero-order valence-corrected chi connectivity index (χ0v) is 13.2. The Morgan fingerprint density at radius 1 is 1.05 bits per heavy atom. The minimum Gasteiger partial charge on any atom is -0.325 e. The molecule has 3 aliphatic carbocycles. The number of nitrogens with one attached hydrogen (secondary N) is 1. The monoisotopic (exact) mass is 301 g/mol. The lowest BCUT2D eigenvalue weighted by Crippen LogP contribution is -2.22. The van der Waals surface area contributed by atoms with Gasteiger partial charge in [-0.15, -0.1) is 11.8 Å². The van der Waals surface area contributed by atoms with Crippen molar-refractivity contribution in [2.75, 3.05) is 5.32 Å². The third-order valence-corrected chi connectivity index (χ3v) is 6.77. The normalized spacial score (nSPS) is 31.1. The van der Waals surface area contributed by atoms with Gasteiger partial charge < -0.3 is 5.32 Å². The summed E-state index contributed by atoms with van der Waals surface area (Å²) in [6.07, 6.45) is 8.97. The molecule has 1 aromatic rings. The number of hydrogen-bond acceptors (Lipinski definition) is 2. The van der Waals surface area contributed by atoms with Crippen molar-refractivity contribution in [3.63, 3.8) is 0 Å². The molecular formula is C18H23NOS. The first-order valence-electron chi connectivity index (χ1n) is 8.36. The highest BCUT2D eigenvalue weighted by Crippen LogP contribution is 2.54. The summed E-state index contributed by atoms with van der Waals surface area (Å²) < 4.78 is 0. The highest BCUT2D eigenvalue weighted by Gasteiger charge is 2.48. The van der Waals surface area contributed by atoms with Gasteiger partial charge in [0.2, 0.25) is 5.91 Å². The van der Waals surface area contributed by atoms with Gasteiger partial charge in [-0.3, -0.25) is 4.79 Å². The molecule has 2 atom stereocenters. The van der Waals surface area contributed by atoms with E-state index in [-0.39, 0.29) is 11.8 Å². The molecule has 3 saturated carbocycles. The first-order chi connectivity index (χ1) is 10.3. The van der Waals surface area contributed by atoms with Crippen LogP contribution in [-0.4, -0.2) is 11.2 Å². The molecule has 0 heterocycles. The fraction of sp³-hybridized carbons (Fsp3) is 0.611. The quantitative estimate of drug-likeness (QED) is 0.873. The molecule has 1 N–H and O–H groups in total. The molecule has 0 saturated heterocycles. The molecule has 0 aromatic heterocycles. The van der Waals surface area contributed by atoms with E-state index in [1.165, 1.54) is 37.0 Å². The minimum absolute atomic E-state index is 0.252. The molecule has 0 radical (unpaired) electrons. The number of amides is 1. The lowest BCUT2D eigenvalue weighted by atomic mass is 10.0. The Labute approximate surface area is 131 Å². The number of hydrogen-bond donors (Lipinski definition) is 1. The van der Waals surface area contributed by atoms with Crippen LogP contribution in [0.15, 0.2) is 29.2 Å². The molecule has 3 heteroatoms. The third-order valence-electron chi connectivity index (χ3n) is 5.36. The number of carbonyl (C=O) groups is 1. The Kier molecular flexibility index (Phi) is 3.70. The van der Waals surface area contributed by atoms with Crippen LogP contribution in [0.5, 0.6) is 0 Å². The van der Waals surface area contributed by atoms with Crippen molar-refractivity contribution in [3.8, 4) is 0 Å². The summed E-state index contributed by atoms with van der Waals surface area (Å²) in [7, 11) is 0. The molecule has 1 aromatic carbocycles. The summed E-state index contributed by atoms with van der Waals surface area (Å²) in [6, 6.07) is 8.33. The Morgan fingerprint density at radius 3 is 2.52 bits per heavy atom. The maximum atomic E-state index is 12.4. The molecule has 1 amide bonds. The van der Waals surface area contributed by atoms with Crippen molar-refractivity contribution in [1.82, 2.24) is 0 Å². The molecule has 0 aliphatic heterocycles. The zero-order valence-electron chi connectivity index (χ0n) is 12.4. The van der Waals surface area contributed by atoms with E-state index in [2.05, 4.69) is 23.5 Å². The van der Waals surface area contributed by atoms with E-state index < -0.39 is 0 Å². The summed E-state index contributed by atoms with van der Waals surface area (Å²) in [4.78, 5) is 13.7. The summed E-state index contributed by atoms with van der Waals surface area (Å²) in [5, 5.41) is 3.95. The van der Waals surface area contributed by atoms with Crippen LogP contribution in [0.2, 0.25) is 0 Å². The van der Waals surface area contributed by atoms with E-state index in [4.69, 9.17) is 0 Å². The first kappa shape index (κ1) is 13.7. The largest absolute Gasteiger partial charge is 0.325 e. The maximum absolute atomic E-state index is 12.4. The van der Waals surface area contributed by atoms with Gasteiger partial charge in [-0.25, -0.2) is 0 Å². The number of benzene rings is 1. The second-order valence-corrected chi connectivity index (χ2v) is 8.28. The smallest absolute Gasteiger partial charge is 0.227 e. The third kappa shape index (κ3) is 2.98. The zero-order chi connectivity index (χ0) is 14.2. The van der Waals surface area contributed by atoms with E-state index in [1.54, 1.807) is 0 Å². The van der Waals surface area contributed by atoms with E-state index in [0.29, 0.717) is 0 Å². The Hall–Kier alpha value is -0.960. The van der Waals surface area contributed by atoms with Crippen LogP contribution >= 0.6 is 11.8 Å². The average Bonchev–Trinajstić information content (AvgIpc) is 2.92. The molecule has 3 aliphatic rings. The van der Waals surface area contributed by atoms with E-state index >= 15 is 0 Å². The second-order valence-electron chi connectivity index (χ2n) is 6.93. The van der Waals surface area contributed by atoms with Crippen LogP contribution in [0, 0.1) is 17.8 Å². The van der Waals surface area contributed by atoms with Gasteiger partial charge in [0.25, 0.3) is 0 Å². The van der Waals surface area contributed by atoms with Gasteiger partial charge in [0.15, 0.2) is 0 Å². The molecule has 0 spiro atoms. The van der Waals surface area contributed by atoms with Gasteiger partial charge in [0.05, 0.1) is 5.69 Å². The molecule has 4 rings (SSSR count). The number of anilines is 1. The van der Waals surface area contributed by atoms with Crippen LogP contribution < -0.4 is 5.32 Å². The van der Waals surface area contributed by atoms with E-state index in [9.17, 15) is 4.79 Å². The topological polar surface area (TPSA) is 29.1 Å². The van der Waals surface area contributed by atoms with Crippen molar-refractivity contribution >= 4 is 23.4 Å². The van der Waals surface area contributed by atoms with E-state index in [0.717, 1.165) is 35.6 Å². The van der Waals surface area contributed by atoms with Gasteiger partial charge >= 0.3 is 0 Å². The molecule has 2 unspecified atom stereocenters. The summed E-state index contributed by atoms with van der Waals surface area (Å²) in [5.74, 6) is 2.24. The van der Waals surface area contributed by atoms with Gasteiger partial charge in [0.1, 0.15) is 0 Å². The van der Waals surface area contributed by atoms with Crippen LogP contribution in [0.1, 0.15) is 44.9 Å². The Balaban J connectivity index is 1.42. The van der Waals surface area contributed by atoms with Crippen LogP contribution in [0.25, 0.3) is 0 Å². The summed E-state index contributed by atoms with van der Waals surface area (Å²) in [5.41, 5.74) is 1.03. The maximum Gasteiger partial charge on any atom is 0.227 e. The van der Waals surface area contributed by atoms with Crippen molar-refractivity contribution in [2.24, 2.45) is 17.8 Å². The van der Waals surface area contributed by atoms with Gasteiger partial charge in [0, 0.05) is 16.1 Å². The highest BCUT2D eigenvalue weighted by atomic mass is 32.2.